The fourth-order valence-corrected chi connectivity index (χ4v) is 2.98. The van der Waals surface area contributed by atoms with Crippen LogP contribution in [0.1, 0.15) is 12.0 Å². The summed E-state index contributed by atoms with van der Waals surface area (Å²) in [7, 11) is 0. The molecule has 1 aliphatic heterocycles. The van der Waals surface area contributed by atoms with E-state index in [1.54, 1.807) is 17.0 Å². The minimum atomic E-state index is -0.729. The van der Waals surface area contributed by atoms with E-state index in [9.17, 15) is 9.59 Å². The third-order valence-corrected chi connectivity index (χ3v) is 4.51. The highest BCUT2D eigenvalue weighted by molar-refractivity contribution is 9.10. The second-order valence-corrected chi connectivity index (χ2v) is 6.78. The number of nitrogens with zero attached hydrogens (tertiary/aromatic N) is 1. The van der Waals surface area contributed by atoms with Crippen LogP contribution in [0.4, 0.5) is 5.69 Å². The molecule has 1 aliphatic rings. The monoisotopic (exact) mass is 402 g/mol. The fraction of sp³-hybridized carbons (Fsp3) is 0.263. The third-order valence-electron chi connectivity index (χ3n) is 3.98. The smallest absolute Gasteiger partial charge is 0.252 e. The largest absolute Gasteiger partial charge is 0.366 e. The van der Waals surface area contributed by atoms with Crippen LogP contribution in [0.3, 0.4) is 0 Å². The number of ether oxygens (including phenoxy) is 1. The predicted molar refractivity (Wildman–Crippen MR) is 99.0 cm³/mol. The first-order chi connectivity index (χ1) is 12.1. The van der Waals surface area contributed by atoms with Crippen LogP contribution in [-0.2, 0) is 20.9 Å². The molecule has 1 atom stereocenters. The van der Waals surface area contributed by atoms with E-state index < -0.39 is 6.10 Å². The van der Waals surface area contributed by atoms with Crippen molar-refractivity contribution in [2.24, 2.45) is 0 Å². The number of hydrogen-bond acceptors (Lipinski definition) is 3. The molecule has 0 aliphatic carbocycles. The number of halogens is 1. The summed E-state index contributed by atoms with van der Waals surface area (Å²) in [6, 6.07) is 17.1. The molecule has 3 rings (SSSR count). The number of carbonyl (C=O) groups is 2. The molecule has 2 aromatic rings. The average molecular weight is 403 g/mol. The number of nitrogens with one attached hydrogen (secondary N) is 1. The zero-order valence-corrected chi connectivity index (χ0v) is 15.2. The van der Waals surface area contributed by atoms with E-state index in [1.807, 2.05) is 42.5 Å². The third kappa shape index (κ3) is 4.90. The van der Waals surface area contributed by atoms with Crippen molar-refractivity contribution in [2.75, 3.05) is 18.5 Å². The van der Waals surface area contributed by atoms with Gasteiger partial charge in [0.1, 0.15) is 6.10 Å². The number of hydrogen-bond donors (Lipinski definition) is 1. The summed E-state index contributed by atoms with van der Waals surface area (Å²) in [6.45, 7) is 1.52. The predicted octanol–water partition coefficient (Wildman–Crippen LogP) is 3.21. The molecule has 1 fully saturated rings. The second-order valence-electron chi connectivity index (χ2n) is 5.86. The van der Waals surface area contributed by atoms with Crippen molar-refractivity contribution in [2.45, 2.75) is 19.1 Å². The lowest BCUT2D eigenvalue weighted by atomic mass is 10.1. The number of carbonyl (C=O) groups excluding carboxylic acids is 2. The maximum Gasteiger partial charge on any atom is 0.252 e. The van der Waals surface area contributed by atoms with Crippen molar-refractivity contribution < 1.29 is 14.3 Å². The Labute approximate surface area is 155 Å². The van der Waals surface area contributed by atoms with Crippen molar-refractivity contribution in [3.63, 3.8) is 0 Å². The van der Waals surface area contributed by atoms with Crippen LogP contribution in [0.15, 0.2) is 59.1 Å². The Morgan fingerprint density at radius 1 is 1.16 bits per heavy atom. The standard InChI is InChI=1S/C19H19BrN2O3/c20-15-6-8-16(9-7-15)21-18(23)12-17-19(24)22(10-11-25-17)13-14-4-2-1-3-5-14/h1-9,17H,10-13H2,(H,21,23)/t17-/m0/s1. The first kappa shape index (κ1) is 17.6. The molecular formula is C19H19BrN2O3. The van der Waals surface area contributed by atoms with Gasteiger partial charge in [0.2, 0.25) is 5.91 Å². The molecule has 6 heteroatoms. The van der Waals surface area contributed by atoms with Gasteiger partial charge in [0.15, 0.2) is 0 Å². The summed E-state index contributed by atoms with van der Waals surface area (Å²) in [6.07, 6.45) is -0.715. The number of morpholine rings is 1. The first-order valence-electron chi connectivity index (χ1n) is 8.11. The van der Waals surface area contributed by atoms with Gasteiger partial charge in [-0.05, 0) is 29.8 Å². The molecule has 5 nitrogen and oxygen atoms in total. The molecule has 25 heavy (non-hydrogen) atoms. The van der Waals surface area contributed by atoms with Gasteiger partial charge >= 0.3 is 0 Å². The van der Waals surface area contributed by atoms with Crippen LogP contribution in [0, 0.1) is 0 Å². The van der Waals surface area contributed by atoms with Crippen LogP contribution in [0.5, 0.6) is 0 Å². The number of benzene rings is 2. The summed E-state index contributed by atoms with van der Waals surface area (Å²) >= 11 is 3.35. The molecule has 2 amide bonds. The van der Waals surface area contributed by atoms with Crippen LogP contribution >= 0.6 is 15.9 Å². The lowest BCUT2D eigenvalue weighted by Crippen LogP contribution is -2.48. The highest BCUT2D eigenvalue weighted by Gasteiger charge is 2.31. The number of anilines is 1. The highest BCUT2D eigenvalue weighted by Crippen LogP contribution is 2.17. The Morgan fingerprint density at radius 2 is 1.88 bits per heavy atom. The minimum absolute atomic E-state index is 0.0141. The van der Waals surface area contributed by atoms with Gasteiger partial charge in [0.25, 0.3) is 5.91 Å². The van der Waals surface area contributed by atoms with E-state index in [-0.39, 0.29) is 18.2 Å². The maximum atomic E-state index is 12.6. The van der Waals surface area contributed by atoms with Crippen LogP contribution in [0.2, 0.25) is 0 Å². The molecule has 2 aromatic carbocycles. The molecule has 0 aromatic heterocycles. The van der Waals surface area contributed by atoms with Gasteiger partial charge in [-0.25, -0.2) is 0 Å². The number of amides is 2. The Hall–Kier alpha value is -2.18. The summed E-state index contributed by atoms with van der Waals surface area (Å²) in [5.41, 5.74) is 1.76. The SMILES string of the molecule is O=C(C[C@@H]1OCCN(Cc2ccccc2)C1=O)Nc1ccc(Br)cc1. The van der Waals surface area contributed by atoms with E-state index in [4.69, 9.17) is 4.74 Å². The Morgan fingerprint density at radius 3 is 2.60 bits per heavy atom. The lowest BCUT2D eigenvalue weighted by Gasteiger charge is -2.32. The van der Waals surface area contributed by atoms with Crippen LogP contribution in [-0.4, -0.2) is 36.0 Å². The zero-order valence-electron chi connectivity index (χ0n) is 13.7. The molecule has 1 heterocycles. The Kier molecular flexibility index (Phi) is 5.83. The van der Waals surface area contributed by atoms with Gasteiger partial charge < -0.3 is 15.0 Å². The normalized spacial score (nSPS) is 17.4. The van der Waals surface area contributed by atoms with Crippen LogP contribution in [0.25, 0.3) is 0 Å². The molecule has 130 valence electrons. The molecule has 0 spiro atoms. The second kappa shape index (κ2) is 8.27. The molecule has 0 saturated carbocycles. The molecule has 0 radical (unpaired) electrons. The highest BCUT2D eigenvalue weighted by atomic mass is 79.9. The maximum absolute atomic E-state index is 12.6. The van der Waals surface area contributed by atoms with E-state index >= 15 is 0 Å². The lowest BCUT2D eigenvalue weighted by molar-refractivity contribution is -0.155. The molecule has 1 N–H and O–H groups in total. The van der Waals surface area contributed by atoms with Crippen molar-refractivity contribution >= 4 is 33.4 Å². The summed E-state index contributed by atoms with van der Waals surface area (Å²) in [4.78, 5) is 26.5. The fourth-order valence-electron chi connectivity index (χ4n) is 2.71. The Bertz CT molecular complexity index is 734. The molecule has 0 unspecified atom stereocenters. The zero-order chi connectivity index (χ0) is 17.6. The van der Waals surface area contributed by atoms with Crippen molar-refractivity contribution in [1.82, 2.24) is 4.90 Å². The molecule has 1 saturated heterocycles. The van der Waals surface area contributed by atoms with Gasteiger partial charge in [-0.15, -0.1) is 0 Å². The van der Waals surface area contributed by atoms with Gasteiger partial charge in [-0.2, -0.15) is 0 Å². The minimum Gasteiger partial charge on any atom is -0.366 e. The van der Waals surface area contributed by atoms with Crippen LogP contribution < -0.4 is 5.32 Å². The van der Waals surface area contributed by atoms with Crippen molar-refractivity contribution in [1.29, 1.82) is 0 Å². The topological polar surface area (TPSA) is 58.6 Å². The van der Waals surface area contributed by atoms with Gasteiger partial charge in [0, 0.05) is 23.2 Å². The number of rotatable bonds is 5. The van der Waals surface area contributed by atoms with Gasteiger partial charge in [-0.1, -0.05) is 46.3 Å². The van der Waals surface area contributed by atoms with E-state index in [2.05, 4.69) is 21.2 Å². The van der Waals surface area contributed by atoms with E-state index in [0.717, 1.165) is 10.0 Å². The van der Waals surface area contributed by atoms with E-state index in [1.165, 1.54) is 0 Å². The summed E-state index contributed by atoms with van der Waals surface area (Å²) in [5, 5.41) is 2.79. The molecular weight excluding hydrogens is 384 g/mol. The molecule has 0 bridgehead atoms. The average Bonchev–Trinajstić information content (AvgIpc) is 2.61. The van der Waals surface area contributed by atoms with E-state index in [0.29, 0.717) is 25.4 Å². The first-order valence-corrected chi connectivity index (χ1v) is 8.91. The quantitative estimate of drug-likeness (QED) is 0.834. The van der Waals surface area contributed by atoms with Gasteiger partial charge in [-0.3, -0.25) is 9.59 Å². The van der Waals surface area contributed by atoms with Gasteiger partial charge in [0.05, 0.1) is 13.0 Å². The Balaban J connectivity index is 1.57. The van der Waals surface area contributed by atoms with Crippen molar-refractivity contribution in [3.8, 4) is 0 Å². The van der Waals surface area contributed by atoms with Crippen molar-refractivity contribution in [3.05, 3.63) is 64.6 Å². The summed E-state index contributed by atoms with van der Waals surface area (Å²) in [5.74, 6) is -0.372. The summed E-state index contributed by atoms with van der Waals surface area (Å²) < 4.78 is 6.46.